The second kappa shape index (κ2) is 7.24. The highest BCUT2D eigenvalue weighted by Crippen LogP contribution is 2.14. The Kier molecular flexibility index (Phi) is 6.26. The van der Waals surface area contributed by atoms with Gasteiger partial charge in [-0.25, -0.2) is 0 Å². The normalized spacial score (nSPS) is 24.4. The summed E-state index contributed by atoms with van der Waals surface area (Å²) < 4.78 is 0. The second-order valence-electron chi connectivity index (χ2n) is 5.01. The van der Waals surface area contributed by atoms with Gasteiger partial charge in [0.15, 0.2) is 0 Å². The molecule has 0 bridgehead atoms. The van der Waals surface area contributed by atoms with Crippen LogP contribution < -0.4 is 5.32 Å². The summed E-state index contributed by atoms with van der Waals surface area (Å²) in [5.41, 5.74) is 0. The Morgan fingerprint density at radius 2 is 2.20 bits per heavy atom. The summed E-state index contributed by atoms with van der Waals surface area (Å²) in [5, 5.41) is 3.52. The van der Waals surface area contributed by atoms with E-state index in [9.17, 15) is 0 Å². The topological polar surface area (TPSA) is 15.3 Å². The first-order valence-corrected chi connectivity index (χ1v) is 6.72. The first kappa shape index (κ1) is 13.0. The van der Waals surface area contributed by atoms with Gasteiger partial charge < -0.3 is 5.32 Å². The van der Waals surface area contributed by atoms with Crippen molar-refractivity contribution in [1.82, 2.24) is 10.2 Å². The van der Waals surface area contributed by atoms with Gasteiger partial charge in [0.2, 0.25) is 0 Å². The maximum atomic E-state index is 3.52. The molecule has 0 amide bonds. The predicted molar refractivity (Wildman–Crippen MR) is 67.2 cm³/mol. The van der Waals surface area contributed by atoms with E-state index in [4.69, 9.17) is 0 Å². The van der Waals surface area contributed by atoms with Gasteiger partial charge in [0.05, 0.1) is 0 Å². The van der Waals surface area contributed by atoms with Gasteiger partial charge in [0.1, 0.15) is 0 Å². The maximum absolute atomic E-state index is 3.52. The van der Waals surface area contributed by atoms with E-state index in [0.717, 1.165) is 12.0 Å². The van der Waals surface area contributed by atoms with E-state index >= 15 is 0 Å². The number of piperidine rings is 1. The average molecular weight is 212 g/mol. The van der Waals surface area contributed by atoms with Crippen molar-refractivity contribution in [2.24, 2.45) is 5.92 Å². The summed E-state index contributed by atoms with van der Waals surface area (Å²) >= 11 is 0. The van der Waals surface area contributed by atoms with Crippen LogP contribution in [0.4, 0.5) is 0 Å². The van der Waals surface area contributed by atoms with Crippen molar-refractivity contribution in [2.75, 3.05) is 26.2 Å². The number of hydrogen-bond donors (Lipinski definition) is 1. The molecule has 2 heteroatoms. The molecule has 0 aromatic carbocycles. The van der Waals surface area contributed by atoms with Crippen molar-refractivity contribution in [3.8, 4) is 0 Å². The predicted octanol–water partition coefficient (Wildman–Crippen LogP) is 2.50. The Balaban J connectivity index is 2.39. The number of nitrogens with one attached hydrogen (secondary N) is 1. The maximum Gasteiger partial charge on any atom is 0.0221 e. The van der Waals surface area contributed by atoms with Crippen LogP contribution in [0.1, 0.15) is 46.5 Å². The van der Waals surface area contributed by atoms with E-state index < -0.39 is 0 Å². The molecular formula is C13H28N2. The molecular weight excluding hydrogens is 184 g/mol. The Morgan fingerprint density at radius 3 is 2.73 bits per heavy atom. The van der Waals surface area contributed by atoms with E-state index in [1.165, 1.54) is 51.9 Å². The largest absolute Gasteiger partial charge is 0.315 e. The van der Waals surface area contributed by atoms with Crippen molar-refractivity contribution < 1.29 is 0 Å². The Bertz CT molecular complexity index is 153. The summed E-state index contributed by atoms with van der Waals surface area (Å²) in [6, 6.07) is 0.799. The molecule has 0 aliphatic carbocycles. The van der Waals surface area contributed by atoms with E-state index in [1.54, 1.807) is 0 Å². The van der Waals surface area contributed by atoms with Crippen molar-refractivity contribution >= 4 is 0 Å². The molecule has 0 saturated carbocycles. The van der Waals surface area contributed by atoms with Crippen LogP contribution in [0.5, 0.6) is 0 Å². The van der Waals surface area contributed by atoms with Crippen molar-refractivity contribution in [2.45, 2.75) is 52.5 Å². The molecule has 1 saturated heterocycles. The van der Waals surface area contributed by atoms with E-state index in [0.29, 0.717) is 0 Å². The molecule has 1 rings (SSSR count). The number of hydrogen-bond acceptors (Lipinski definition) is 2. The molecule has 1 aliphatic rings. The lowest BCUT2D eigenvalue weighted by atomic mass is 10.0. The monoisotopic (exact) mass is 212 g/mol. The summed E-state index contributed by atoms with van der Waals surface area (Å²) in [6.07, 6.45) is 5.34. The van der Waals surface area contributed by atoms with Gasteiger partial charge >= 0.3 is 0 Å². The molecule has 2 atom stereocenters. The minimum atomic E-state index is 0.799. The molecule has 1 heterocycles. The number of nitrogens with zero attached hydrogens (tertiary/aromatic N) is 1. The van der Waals surface area contributed by atoms with Crippen LogP contribution in [-0.4, -0.2) is 37.1 Å². The highest BCUT2D eigenvalue weighted by atomic mass is 15.2. The standard InChI is InChI=1S/C13H28N2/c1-4-9-15(11-12(3)5-2)13-7-6-8-14-10-13/h12-14H,4-11H2,1-3H3. The third-order valence-corrected chi connectivity index (χ3v) is 3.54. The van der Waals surface area contributed by atoms with Crippen LogP contribution in [0.2, 0.25) is 0 Å². The van der Waals surface area contributed by atoms with E-state index in [2.05, 4.69) is 31.0 Å². The lowest BCUT2D eigenvalue weighted by Crippen LogP contribution is -2.47. The minimum absolute atomic E-state index is 0.799. The van der Waals surface area contributed by atoms with Crippen LogP contribution in [0.3, 0.4) is 0 Å². The van der Waals surface area contributed by atoms with Gasteiger partial charge in [-0.1, -0.05) is 27.2 Å². The molecule has 0 aromatic heterocycles. The lowest BCUT2D eigenvalue weighted by Gasteiger charge is -2.36. The number of rotatable bonds is 6. The minimum Gasteiger partial charge on any atom is -0.315 e. The molecule has 0 aromatic rings. The summed E-state index contributed by atoms with van der Waals surface area (Å²) in [5.74, 6) is 0.846. The molecule has 0 spiro atoms. The lowest BCUT2D eigenvalue weighted by molar-refractivity contribution is 0.144. The van der Waals surface area contributed by atoms with Gasteiger partial charge in [0.25, 0.3) is 0 Å². The summed E-state index contributed by atoms with van der Waals surface area (Å²) in [6.45, 7) is 12.0. The zero-order valence-electron chi connectivity index (χ0n) is 10.8. The highest BCUT2D eigenvalue weighted by Gasteiger charge is 2.20. The Morgan fingerprint density at radius 1 is 1.40 bits per heavy atom. The van der Waals surface area contributed by atoms with Gasteiger partial charge in [-0.2, -0.15) is 0 Å². The van der Waals surface area contributed by atoms with E-state index in [1.807, 2.05) is 0 Å². The van der Waals surface area contributed by atoms with Gasteiger partial charge in [-0.05, 0) is 38.3 Å². The Labute approximate surface area is 95.4 Å². The van der Waals surface area contributed by atoms with Crippen LogP contribution >= 0.6 is 0 Å². The summed E-state index contributed by atoms with van der Waals surface area (Å²) in [4.78, 5) is 2.71. The van der Waals surface area contributed by atoms with Crippen LogP contribution in [0.25, 0.3) is 0 Å². The molecule has 1 N–H and O–H groups in total. The molecule has 90 valence electrons. The molecule has 1 fully saturated rings. The fourth-order valence-electron chi connectivity index (χ4n) is 2.38. The smallest absolute Gasteiger partial charge is 0.0221 e. The zero-order valence-corrected chi connectivity index (χ0v) is 10.8. The Hall–Kier alpha value is -0.0800. The molecule has 2 unspecified atom stereocenters. The highest BCUT2D eigenvalue weighted by molar-refractivity contribution is 4.79. The SMILES string of the molecule is CCCN(CC(C)CC)C1CCCNC1. The van der Waals surface area contributed by atoms with Gasteiger partial charge in [0, 0.05) is 19.1 Å². The van der Waals surface area contributed by atoms with Crippen molar-refractivity contribution in [3.05, 3.63) is 0 Å². The molecule has 1 aliphatic heterocycles. The molecule has 15 heavy (non-hydrogen) atoms. The van der Waals surface area contributed by atoms with Crippen molar-refractivity contribution in [1.29, 1.82) is 0 Å². The fraction of sp³-hybridized carbons (Fsp3) is 1.00. The van der Waals surface area contributed by atoms with Gasteiger partial charge in [-0.3, -0.25) is 4.90 Å². The third-order valence-electron chi connectivity index (χ3n) is 3.54. The fourth-order valence-corrected chi connectivity index (χ4v) is 2.38. The quantitative estimate of drug-likeness (QED) is 0.728. The van der Waals surface area contributed by atoms with E-state index in [-0.39, 0.29) is 0 Å². The second-order valence-corrected chi connectivity index (χ2v) is 5.01. The third kappa shape index (κ3) is 4.52. The average Bonchev–Trinajstić information content (AvgIpc) is 2.29. The summed E-state index contributed by atoms with van der Waals surface area (Å²) in [7, 11) is 0. The molecule has 2 nitrogen and oxygen atoms in total. The molecule has 0 radical (unpaired) electrons. The first-order chi connectivity index (χ1) is 7.27. The van der Waals surface area contributed by atoms with Crippen LogP contribution in [-0.2, 0) is 0 Å². The first-order valence-electron chi connectivity index (χ1n) is 6.72. The van der Waals surface area contributed by atoms with Gasteiger partial charge in [-0.15, -0.1) is 0 Å². The van der Waals surface area contributed by atoms with Crippen molar-refractivity contribution in [3.63, 3.8) is 0 Å². The van der Waals surface area contributed by atoms with Crippen LogP contribution in [0.15, 0.2) is 0 Å². The zero-order chi connectivity index (χ0) is 11.1. The van der Waals surface area contributed by atoms with Crippen LogP contribution in [0, 0.1) is 5.92 Å².